The number of hydrogen-bond acceptors (Lipinski definition) is 3. The summed E-state index contributed by atoms with van der Waals surface area (Å²) in [6.07, 6.45) is 2.59. The van der Waals surface area contributed by atoms with E-state index in [9.17, 15) is 9.59 Å². The maximum atomic E-state index is 12.1. The van der Waals surface area contributed by atoms with Crippen LogP contribution in [0, 0.1) is 5.92 Å². The summed E-state index contributed by atoms with van der Waals surface area (Å²) in [7, 11) is 3.51. The van der Waals surface area contributed by atoms with Crippen molar-refractivity contribution >= 4 is 12.0 Å². The number of carboxylic acid groups (broad SMARTS) is 1. The highest BCUT2D eigenvalue weighted by Crippen LogP contribution is 2.16. The van der Waals surface area contributed by atoms with Crippen LogP contribution in [0.2, 0.25) is 0 Å². The Hall–Kier alpha value is -1.30. The zero-order valence-electron chi connectivity index (χ0n) is 11.8. The molecule has 110 valence electrons. The fourth-order valence-electron chi connectivity index (χ4n) is 2.25. The van der Waals surface area contributed by atoms with Gasteiger partial charge in [0.15, 0.2) is 0 Å². The lowest BCUT2D eigenvalue weighted by molar-refractivity contribution is -0.137. The molecule has 1 fully saturated rings. The summed E-state index contributed by atoms with van der Waals surface area (Å²) in [6.45, 7) is 2.77. The molecule has 1 aliphatic heterocycles. The summed E-state index contributed by atoms with van der Waals surface area (Å²) in [5.41, 5.74) is 0. The maximum absolute atomic E-state index is 12.1. The number of aliphatic carboxylic acids is 1. The normalized spacial score (nSPS) is 16.1. The first-order valence-corrected chi connectivity index (χ1v) is 6.76. The SMILES string of the molecule is CN(CCCC(=O)O)C(=O)N(C)CC1CCOCC1. The van der Waals surface area contributed by atoms with Gasteiger partial charge in [-0.2, -0.15) is 0 Å². The molecule has 0 bridgehead atoms. The molecule has 0 unspecified atom stereocenters. The number of carbonyl (C=O) groups excluding carboxylic acids is 1. The molecule has 0 aromatic carbocycles. The molecule has 1 saturated heterocycles. The average molecular weight is 272 g/mol. The van der Waals surface area contributed by atoms with E-state index in [1.165, 1.54) is 0 Å². The molecular weight excluding hydrogens is 248 g/mol. The molecule has 0 atom stereocenters. The molecule has 0 aromatic rings. The Bertz CT molecular complexity index is 303. The van der Waals surface area contributed by atoms with Crippen molar-refractivity contribution in [3.8, 4) is 0 Å². The minimum absolute atomic E-state index is 0.0446. The molecule has 1 rings (SSSR count). The number of nitrogens with zero attached hydrogens (tertiary/aromatic N) is 2. The van der Waals surface area contributed by atoms with Crippen molar-refractivity contribution in [2.24, 2.45) is 5.92 Å². The molecule has 1 heterocycles. The first-order chi connectivity index (χ1) is 9.00. The minimum atomic E-state index is -0.823. The van der Waals surface area contributed by atoms with Gasteiger partial charge in [0.25, 0.3) is 0 Å². The molecule has 1 N–H and O–H groups in total. The van der Waals surface area contributed by atoms with E-state index in [4.69, 9.17) is 9.84 Å². The Morgan fingerprint density at radius 2 is 1.84 bits per heavy atom. The number of hydrogen-bond donors (Lipinski definition) is 1. The lowest BCUT2D eigenvalue weighted by Gasteiger charge is -2.30. The van der Waals surface area contributed by atoms with Crippen molar-refractivity contribution < 1.29 is 19.4 Å². The molecule has 0 aliphatic carbocycles. The lowest BCUT2D eigenvalue weighted by atomic mass is 10.00. The van der Waals surface area contributed by atoms with Crippen LogP contribution in [0.5, 0.6) is 0 Å². The van der Waals surface area contributed by atoms with E-state index >= 15 is 0 Å². The van der Waals surface area contributed by atoms with E-state index in [0.717, 1.165) is 32.6 Å². The topological polar surface area (TPSA) is 70.1 Å². The molecule has 0 aromatic heterocycles. The smallest absolute Gasteiger partial charge is 0.319 e. The quantitative estimate of drug-likeness (QED) is 0.790. The number of carboxylic acids is 1. The van der Waals surface area contributed by atoms with Crippen LogP contribution < -0.4 is 0 Å². The second kappa shape index (κ2) is 7.99. The van der Waals surface area contributed by atoms with Crippen LogP contribution in [0.1, 0.15) is 25.7 Å². The standard InChI is InChI=1S/C13H24N2O4/c1-14(7-3-4-12(16)17)13(18)15(2)10-11-5-8-19-9-6-11/h11H,3-10H2,1-2H3,(H,16,17). The summed E-state index contributed by atoms with van der Waals surface area (Å²) in [6, 6.07) is -0.0446. The van der Waals surface area contributed by atoms with E-state index in [2.05, 4.69) is 0 Å². The van der Waals surface area contributed by atoms with Gasteiger partial charge in [-0.05, 0) is 25.2 Å². The van der Waals surface area contributed by atoms with Gasteiger partial charge in [-0.15, -0.1) is 0 Å². The van der Waals surface area contributed by atoms with Crippen LogP contribution >= 0.6 is 0 Å². The molecule has 19 heavy (non-hydrogen) atoms. The summed E-state index contributed by atoms with van der Waals surface area (Å²) in [5.74, 6) is -0.313. The van der Waals surface area contributed by atoms with Gasteiger partial charge in [-0.3, -0.25) is 4.79 Å². The van der Waals surface area contributed by atoms with Crippen LogP contribution in [0.15, 0.2) is 0 Å². The van der Waals surface area contributed by atoms with Gasteiger partial charge in [-0.25, -0.2) is 4.79 Å². The van der Waals surface area contributed by atoms with Crippen molar-refractivity contribution in [3.05, 3.63) is 0 Å². The summed E-state index contributed by atoms with van der Waals surface area (Å²) in [5, 5.41) is 8.56. The summed E-state index contributed by atoms with van der Waals surface area (Å²) < 4.78 is 5.30. The first kappa shape index (κ1) is 15.8. The highest BCUT2D eigenvalue weighted by molar-refractivity contribution is 5.74. The maximum Gasteiger partial charge on any atom is 0.319 e. The monoisotopic (exact) mass is 272 g/mol. The molecular formula is C13H24N2O4. The number of carbonyl (C=O) groups is 2. The van der Waals surface area contributed by atoms with Crippen LogP contribution in [-0.2, 0) is 9.53 Å². The Labute approximate surface area is 114 Å². The molecule has 1 aliphatic rings. The Balaban J connectivity index is 2.27. The van der Waals surface area contributed by atoms with Gasteiger partial charge >= 0.3 is 12.0 Å². The van der Waals surface area contributed by atoms with Gasteiger partial charge in [0, 0.05) is 46.8 Å². The summed E-state index contributed by atoms with van der Waals surface area (Å²) >= 11 is 0. The largest absolute Gasteiger partial charge is 0.481 e. The molecule has 0 spiro atoms. The van der Waals surface area contributed by atoms with Gasteiger partial charge in [-0.1, -0.05) is 0 Å². The Morgan fingerprint density at radius 1 is 1.21 bits per heavy atom. The van der Waals surface area contributed by atoms with Crippen LogP contribution in [0.4, 0.5) is 4.79 Å². The van der Waals surface area contributed by atoms with Crippen molar-refractivity contribution in [2.45, 2.75) is 25.7 Å². The highest BCUT2D eigenvalue weighted by Gasteiger charge is 2.20. The summed E-state index contributed by atoms with van der Waals surface area (Å²) in [4.78, 5) is 25.8. The van der Waals surface area contributed by atoms with Crippen LogP contribution in [0.25, 0.3) is 0 Å². The lowest BCUT2D eigenvalue weighted by Crippen LogP contribution is -2.42. The van der Waals surface area contributed by atoms with Gasteiger partial charge in [0.2, 0.25) is 0 Å². The van der Waals surface area contributed by atoms with E-state index in [1.807, 2.05) is 0 Å². The zero-order chi connectivity index (χ0) is 14.3. The number of ether oxygens (including phenoxy) is 1. The second-order valence-electron chi connectivity index (χ2n) is 5.14. The fraction of sp³-hybridized carbons (Fsp3) is 0.846. The third kappa shape index (κ3) is 5.92. The predicted octanol–water partition coefficient (Wildman–Crippen LogP) is 1.26. The molecule has 6 nitrogen and oxygen atoms in total. The highest BCUT2D eigenvalue weighted by atomic mass is 16.5. The van der Waals surface area contributed by atoms with Gasteiger partial charge in [0.1, 0.15) is 0 Å². The van der Waals surface area contributed by atoms with Gasteiger partial charge in [0.05, 0.1) is 0 Å². The third-order valence-electron chi connectivity index (χ3n) is 3.41. The van der Waals surface area contributed by atoms with Crippen molar-refractivity contribution in [3.63, 3.8) is 0 Å². The predicted molar refractivity (Wildman–Crippen MR) is 71.1 cm³/mol. The Morgan fingerprint density at radius 3 is 2.42 bits per heavy atom. The average Bonchev–Trinajstić information content (AvgIpc) is 2.38. The van der Waals surface area contributed by atoms with Crippen LogP contribution in [-0.4, -0.2) is 67.3 Å². The Kier molecular flexibility index (Phi) is 6.62. The van der Waals surface area contributed by atoms with E-state index in [0.29, 0.717) is 18.9 Å². The van der Waals surface area contributed by atoms with E-state index in [-0.39, 0.29) is 12.5 Å². The van der Waals surface area contributed by atoms with Crippen LogP contribution in [0.3, 0.4) is 0 Å². The number of rotatable bonds is 6. The zero-order valence-corrected chi connectivity index (χ0v) is 11.8. The molecule has 0 radical (unpaired) electrons. The number of amides is 2. The van der Waals surface area contributed by atoms with Crippen molar-refractivity contribution in [1.82, 2.24) is 9.80 Å². The minimum Gasteiger partial charge on any atom is -0.481 e. The third-order valence-corrected chi connectivity index (χ3v) is 3.41. The molecule has 6 heteroatoms. The van der Waals surface area contributed by atoms with Crippen molar-refractivity contribution in [2.75, 3.05) is 40.4 Å². The molecule has 0 saturated carbocycles. The van der Waals surface area contributed by atoms with E-state index in [1.54, 1.807) is 23.9 Å². The fourth-order valence-corrected chi connectivity index (χ4v) is 2.25. The number of urea groups is 1. The second-order valence-corrected chi connectivity index (χ2v) is 5.14. The first-order valence-electron chi connectivity index (χ1n) is 6.76. The van der Waals surface area contributed by atoms with Crippen molar-refractivity contribution in [1.29, 1.82) is 0 Å². The molecule has 2 amide bonds. The van der Waals surface area contributed by atoms with Gasteiger partial charge < -0.3 is 19.6 Å². The van der Waals surface area contributed by atoms with E-state index < -0.39 is 5.97 Å².